The van der Waals surface area contributed by atoms with Crippen molar-refractivity contribution in [1.29, 1.82) is 0 Å². The number of aromatic hydroxyl groups is 1. The molecule has 0 fully saturated rings. The summed E-state index contributed by atoms with van der Waals surface area (Å²) in [5.41, 5.74) is -1.42. The van der Waals surface area contributed by atoms with Crippen LogP contribution in [0.4, 0.5) is 14.5 Å². The number of nitrogens with zero attached hydrogens (tertiary/aromatic N) is 5. The number of anilines is 1. The largest absolute Gasteiger partial charge is 0.493 e. The number of pyridine rings is 2. The van der Waals surface area contributed by atoms with Gasteiger partial charge >= 0.3 is 11.7 Å². The molecule has 0 atom stereocenters. The fourth-order valence-corrected chi connectivity index (χ4v) is 5.45. The van der Waals surface area contributed by atoms with E-state index in [4.69, 9.17) is 4.74 Å². The molecule has 0 aliphatic carbocycles. The maximum Gasteiger partial charge on any atom is 0.357 e. The number of hydrogen-bond acceptors (Lipinski definition) is 9. The lowest BCUT2D eigenvalue weighted by Gasteiger charge is -2.29. The molecule has 0 saturated carbocycles. The van der Waals surface area contributed by atoms with Gasteiger partial charge in [0.25, 0.3) is 0 Å². The van der Waals surface area contributed by atoms with Gasteiger partial charge in [-0.05, 0) is 62.9 Å². The molecular weight excluding hydrogens is 528 g/mol. The highest BCUT2D eigenvalue weighted by Crippen LogP contribution is 2.43. The molecule has 0 unspecified atom stereocenters. The molecule has 12 heteroatoms. The van der Waals surface area contributed by atoms with E-state index in [-0.39, 0.29) is 34.7 Å². The molecule has 0 radical (unpaired) electrons. The highest BCUT2D eigenvalue weighted by Gasteiger charge is 2.30. The first-order valence-electron chi connectivity index (χ1n) is 12.1. The van der Waals surface area contributed by atoms with E-state index in [1.165, 1.54) is 10.4 Å². The highest BCUT2D eigenvalue weighted by atomic mass is 32.2. The lowest BCUT2D eigenvalue weighted by Crippen LogP contribution is -2.32. The molecule has 0 spiro atoms. The third-order valence-corrected chi connectivity index (χ3v) is 6.96. The molecule has 4 heterocycles. The summed E-state index contributed by atoms with van der Waals surface area (Å²) < 4.78 is 39.2. The molecular formula is C27H25F2N5O4S. The van der Waals surface area contributed by atoms with Crippen molar-refractivity contribution in [2.45, 2.75) is 51.0 Å². The molecule has 1 N–H and O–H groups in total. The summed E-state index contributed by atoms with van der Waals surface area (Å²) in [6.07, 6.45) is 1.56. The number of halogens is 2. The summed E-state index contributed by atoms with van der Waals surface area (Å²) in [6.45, 7) is 8.61. The van der Waals surface area contributed by atoms with Crippen LogP contribution in [0, 0.1) is 11.6 Å². The number of carbonyl (C=O) groups excluding carboxylic acids is 1. The second kappa shape index (κ2) is 9.60. The molecule has 5 rings (SSSR count). The molecule has 39 heavy (non-hydrogen) atoms. The summed E-state index contributed by atoms with van der Waals surface area (Å²) in [4.78, 5) is 39.3. The van der Waals surface area contributed by atoms with Crippen LogP contribution in [0.3, 0.4) is 0 Å². The summed E-state index contributed by atoms with van der Waals surface area (Å²) in [5.74, 6) is -3.23. The number of carbonyl (C=O) groups is 1. The molecule has 1 aromatic carbocycles. The zero-order valence-electron chi connectivity index (χ0n) is 21.8. The topological polar surface area (TPSA) is 110 Å². The van der Waals surface area contributed by atoms with Gasteiger partial charge in [-0.2, -0.15) is 4.98 Å². The fraction of sp³-hybridized carbons (Fsp3) is 0.296. The van der Waals surface area contributed by atoms with Crippen LogP contribution in [0.25, 0.3) is 28.0 Å². The van der Waals surface area contributed by atoms with Gasteiger partial charge in [0.2, 0.25) is 5.88 Å². The highest BCUT2D eigenvalue weighted by molar-refractivity contribution is 8.00. The Kier molecular flexibility index (Phi) is 6.53. The third kappa shape index (κ3) is 4.80. The Bertz CT molecular complexity index is 1700. The zero-order chi connectivity index (χ0) is 28.2. The number of ether oxygens (including phenoxy) is 1. The van der Waals surface area contributed by atoms with Gasteiger partial charge in [-0.15, -0.1) is 0 Å². The van der Waals surface area contributed by atoms with Crippen molar-refractivity contribution in [3.05, 3.63) is 64.3 Å². The van der Waals surface area contributed by atoms with E-state index in [1.807, 2.05) is 13.8 Å². The number of rotatable bonds is 3. The Morgan fingerprint density at radius 3 is 2.59 bits per heavy atom. The lowest BCUT2D eigenvalue weighted by atomic mass is 10.1. The standard InChI is InChI=1S/C27H25F2N5O4S/c1-13(2)21-23-18(9-10-30-21)39-33(12-19(35)38-27(3,4)5)17-8-6-7-15(28)20(17)22-16(29)11-14-24(31-22)34(23)26(37)32-25(14)36/h6-11,13H,12H2,1-5H3,(H,32,36,37). The normalized spacial score (nSPS) is 13.0. The van der Waals surface area contributed by atoms with Crippen molar-refractivity contribution in [1.82, 2.24) is 19.5 Å². The maximum absolute atomic E-state index is 15.6. The number of esters is 1. The quantitative estimate of drug-likeness (QED) is 0.273. The molecule has 4 aromatic rings. The average Bonchev–Trinajstić information content (AvgIpc) is 2.83. The van der Waals surface area contributed by atoms with Gasteiger partial charge in [-0.1, -0.05) is 19.9 Å². The van der Waals surface area contributed by atoms with E-state index < -0.39 is 40.5 Å². The smallest absolute Gasteiger partial charge is 0.357 e. The second-order valence-corrected chi connectivity index (χ2v) is 11.4. The molecule has 0 saturated heterocycles. The van der Waals surface area contributed by atoms with Crippen molar-refractivity contribution in [2.75, 3.05) is 10.8 Å². The van der Waals surface area contributed by atoms with E-state index in [2.05, 4.69) is 15.0 Å². The first-order chi connectivity index (χ1) is 18.4. The van der Waals surface area contributed by atoms with Crippen molar-refractivity contribution < 1.29 is 23.4 Å². The number of hydrogen-bond donors (Lipinski definition) is 1. The van der Waals surface area contributed by atoms with Crippen LogP contribution in [0.2, 0.25) is 0 Å². The fourth-order valence-electron chi connectivity index (χ4n) is 4.39. The summed E-state index contributed by atoms with van der Waals surface area (Å²) in [6, 6.07) is 6.75. The molecule has 1 aliphatic rings. The van der Waals surface area contributed by atoms with Gasteiger partial charge in [0.05, 0.1) is 32.9 Å². The Labute approximate surface area is 226 Å². The zero-order valence-corrected chi connectivity index (χ0v) is 22.6. The Morgan fingerprint density at radius 1 is 1.15 bits per heavy atom. The van der Waals surface area contributed by atoms with Crippen LogP contribution in [-0.2, 0) is 9.53 Å². The van der Waals surface area contributed by atoms with E-state index in [9.17, 15) is 14.7 Å². The summed E-state index contributed by atoms with van der Waals surface area (Å²) in [5, 5.41) is 10.3. The first-order valence-corrected chi connectivity index (χ1v) is 12.9. The van der Waals surface area contributed by atoms with Gasteiger partial charge in [0.15, 0.2) is 11.5 Å². The summed E-state index contributed by atoms with van der Waals surface area (Å²) >= 11 is 1.04. The Morgan fingerprint density at radius 2 is 1.90 bits per heavy atom. The molecule has 202 valence electrons. The van der Waals surface area contributed by atoms with Crippen molar-refractivity contribution in [2.24, 2.45) is 0 Å². The number of aromatic nitrogens is 4. The van der Waals surface area contributed by atoms with Crippen LogP contribution in [-0.4, -0.2) is 42.7 Å². The number of benzene rings is 1. The molecule has 3 aromatic heterocycles. The second-order valence-electron chi connectivity index (χ2n) is 10.3. The van der Waals surface area contributed by atoms with Gasteiger partial charge < -0.3 is 14.1 Å². The summed E-state index contributed by atoms with van der Waals surface area (Å²) in [7, 11) is 0. The van der Waals surface area contributed by atoms with Gasteiger partial charge in [0.1, 0.15) is 23.7 Å². The van der Waals surface area contributed by atoms with Crippen LogP contribution in [0.5, 0.6) is 5.88 Å². The van der Waals surface area contributed by atoms with E-state index in [0.29, 0.717) is 16.3 Å². The van der Waals surface area contributed by atoms with Crippen LogP contribution in [0.1, 0.15) is 46.2 Å². The van der Waals surface area contributed by atoms with Gasteiger partial charge in [-0.3, -0.25) is 9.78 Å². The minimum absolute atomic E-state index is 0.115. The van der Waals surface area contributed by atoms with Crippen LogP contribution in [0.15, 0.2) is 46.2 Å². The minimum Gasteiger partial charge on any atom is -0.493 e. The van der Waals surface area contributed by atoms with Crippen LogP contribution >= 0.6 is 11.9 Å². The first kappa shape index (κ1) is 26.5. The predicted molar refractivity (Wildman–Crippen MR) is 143 cm³/mol. The molecule has 1 aliphatic heterocycles. The van der Waals surface area contributed by atoms with E-state index >= 15 is 8.78 Å². The molecule has 9 nitrogen and oxygen atoms in total. The predicted octanol–water partition coefficient (Wildman–Crippen LogP) is 5.12. The molecule has 0 amide bonds. The third-order valence-electron chi connectivity index (χ3n) is 5.89. The monoisotopic (exact) mass is 553 g/mol. The van der Waals surface area contributed by atoms with Crippen molar-refractivity contribution in [3.8, 4) is 22.8 Å². The Balaban J connectivity index is 1.91. The minimum atomic E-state index is -0.950. The molecule has 2 bridgehead atoms. The van der Waals surface area contributed by atoms with Gasteiger partial charge in [-0.25, -0.2) is 23.1 Å². The van der Waals surface area contributed by atoms with Crippen molar-refractivity contribution in [3.63, 3.8) is 0 Å². The SMILES string of the molecule is CC(C)c1nccc2c1-n1c(=O)nc(O)c3cc(F)c(nc31)-c1c(F)cccc1N(CC(=O)OC(C)(C)C)S2. The Hall–Kier alpha value is -4.06. The van der Waals surface area contributed by atoms with Crippen molar-refractivity contribution >= 4 is 34.6 Å². The van der Waals surface area contributed by atoms with E-state index in [0.717, 1.165) is 28.6 Å². The van der Waals surface area contributed by atoms with Crippen LogP contribution < -0.4 is 9.99 Å². The number of fused-ring (bicyclic) bond motifs is 5. The maximum atomic E-state index is 15.6. The van der Waals surface area contributed by atoms with E-state index in [1.54, 1.807) is 39.1 Å². The lowest BCUT2D eigenvalue weighted by molar-refractivity contribution is -0.152. The van der Waals surface area contributed by atoms with Gasteiger partial charge in [0, 0.05) is 6.20 Å². The average molecular weight is 554 g/mol.